The van der Waals surface area contributed by atoms with Crippen molar-refractivity contribution < 1.29 is 14.6 Å². The van der Waals surface area contributed by atoms with Crippen molar-refractivity contribution in [3.8, 4) is 0 Å². The molecule has 1 aromatic carbocycles. The van der Waals surface area contributed by atoms with E-state index < -0.39 is 5.54 Å². The third-order valence-corrected chi connectivity index (χ3v) is 3.19. The molecule has 0 heterocycles. The quantitative estimate of drug-likeness (QED) is 0.780. The van der Waals surface area contributed by atoms with Crippen LogP contribution in [0.15, 0.2) is 22.7 Å². The van der Waals surface area contributed by atoms with Crippen molar-refractivity contribution in [3.63, 3.8) is 0 Å². The van der Waals surface area contributed by atoms with E-state index in [1.165, 1.54) is 6.07 Å². The molecule has 1 rings (SSSR count). The first-order chi connectivity index (χ1) is 7.91. The van der Waals surface area contributed by atoms with Crippen molar-refractivity contribution in [2.24, 2.45) is 0 Å². The molecule has 3 N–H and O–H groups in total. The predicted octanol–water partition coefficient (Wildman–Crippen LogP) is 1.98. The van der Waals surface area contributed by atoms with Gasteiger partial charge in [-0.05, 0) is 26.0 Å². The zero-order valence-corrected chi connectivity index (χ0v) is 11.5. The van der Waals surface area contributed by atoms with Crippen LogP contribution in [-0.2, 0) is 0 Å². The Labute approximate surface area is 109 Å². The largest absolute Gasteiger partial charge is 0.394 e. The Kier molecular flexibility index (Phi) is 5.06. The van der Waals surface area contributed by atoms with Gasteiger partial charge in [-0.15, -0.1) is 0 Å². The molecular formula is C12H17BrFNO2. The smallest absolute Gasteiger partial charge is 0.129 e. The van der Waals surface area contributed by atoms with Crippen molar-refractivity contribution in [2.75, 3.05) is 13.2 Å². The zero-order valence-electron chi connectivity index (χ0n) is 9.87. The van der Waals surface area contributed by atoms with Crippen molar-refractivity contribution in [3.05, 3.63) is 34.1 Å². The molecule has 5 heteroatoms. The summed E-state index contributed by atoms with van der Waals surface area (Å²) in [5.74, 6) is -0.322. The van der Waals surface area contributed by atoms with Crippen LogP contribution in [-0.4, -0.2) is 29.0 Å². The molecule has 0 aliphatic heterocycles. The van der Waals surface area contributed by atoms with Gasteiger partial charge in [0.25, 0.3) is 0 Å². The van der Waals surface area contributed by atoms with E-state index in [2.05, 4.69) is 21.2 Å². The first-order valence-corrected chi connectivity index (χ1v) is 6.15. The first-order valence-electron chi connectivity index (χ1n) is 5.36. The first kappa shape index (κ1) is 14.6. The topological polar surface area (TPSA) is 52.5 Å². The van der Waals surface area contributed by atoms with Crippen molar-refractivity contribution >= 4 is 15.9 Å². The van der Waals surface area contributed by atoms with Crippen LogP contribution in [0.5, 0.6) is 0 Å². The third-order valence-electron chi connectivity index (χ3n) is 2.69. The van der Waals surface area contributed by atoms with Gasteiger partial charge >= 0.3 is 0 Å². The molecule has 17 heavy (non-hydrogen) atoms. The second-order valence-electron chi connectivity index (χ2n) is 4.41. The number of nitrogens with one attached hydrogen (secondary N) is 1. The number of benzene rings is 1. The SMILES string of the molecule is CC(NC(C)(CO)CO)c1ccc(Br)cc1F. The van der Waals surface area contributed by atoms with Crippen LogP contribution in [0, 0.1) is 5.82 Å². The van der Waals surface area contributed by atoms with Crippen molar-refractivity contribution in [2.45, 2.75) is 25.4 Å². The van der Waals surface area contributed by atoms with E-state index in [-0.39, 0.29) is 25.1 Å². The number of aliphatic hydroxyl groups excluding tert-OH is 2. The van der Waals surface area contributed by atoms with Gasteiger partial charge in [0.05, 0.1) is 18.8 Å². The number of rotatable bonds is 5. The van der Waals surface area contributed by atoms with Crippen LogP contribution in [0.3, 0.4) is 0 Å². The highest BCUT2D eigenvalue weighted by molar-refractivity contribution is 9.10. The fourth-order valence-electron chi connectivity index (χ4n) is 1.59. The van der Waals surface area contributed by atoms with Crippen molar-refractivity contribution in [1.29, 1.82) is 0 Å². The van der Waals surface area contributed by atoms with Crippen LogP contribution in [0.4, 0.5) is 4.39 Å². The van der Waals surface area contributed by atoms with Gasteiger partial charge in [0, 0.05) is 16.1 Å². The summed E-state index contributed by atoms with van der Waals surface area (Å²) in [6, 6.07) is 4.52. The highest BCUT2D eigenvalue weighted by atomic mass is 79.9. The summed E-state index contributed by atoms with van der Waals surface area (Å²) < 4.78 is 14.4. The molecule has 0 spiro atoms. The summed E-state index contributed by atoms with van der Waals surface area (Å²) in [5, 5.41) is 21.4. The number of aliphatic hydroxyl groups is 2. The van der Waals surface area contributed by atoms with Gasteiger partial charge in [-0.3, -0.25) is 0 Å². The second kappa shape index (κ2) is 5.91. The summed E-state index contributed by atoms with van der Waals surface area (Å²) in [5.41, 5.74) is -0.319. The minimum absolute atomic E-state index is 0.216. The molecule has 0 fully saturated rings. The molecule has 0 aromatic heterocycles. The molecule has 0 saturated heterocycles. The van der Waals surface area contributed by atoms with E-state index in [1.807, 2.05) is 0 Å². The maximum absolute atomic E-state index is 13.7. The highest BCUT2D eigenvalue weighted by Crippen LogP contribution is 2.22. The van der Waals surface area contributed by atoms with Crippen molar-refractivity contribution in [1.82, 2.24) is 5.32 Å². The van der Waals surface area contributed by atoms with Gasteiger partial charge in [-0.2, -0.15) is 0 Å². The summed E-state index contributed by atoms with van der Waals surface area (Å²) in [6.07, 6.45) is 0. The lowest BCUT2D eigenvalue weighted by molar-refractivity contribution is 0.0953. The summed E-state index contributed by atoms with van der Waals surface area (Å²) in [4.78, 5) is 0. The fraction of sp³-hybridized carbons (Fsp3) is 0.500. The second-order valence-corrected chi connectivity index (χ2v) is 5.32. The predicted molar refractivity (Wildman–Crippen MR) is 68.2 cm³/mol. The highest BCUT2D eigenvalue weighted by Gasteiger charge is 2.25. The number of halogens is 2. The Balaban J connectivity index is 2.86. The fourth-order valence-corrected chi connectivity index (χ4v) is 1.93. The van der Waals surface area contributed by atoms with Crippen LogP contribution in [0.1, 0.15) is 25.5 Å². The Morgan fingerprint density at radius 3 is 2.47 bits per heavy atom. The zero-order chi connectivity index (χ0) is 13.1. The summed E-state index contributed by atoms with van der Waals surface area (Å²) in [6.45, 7) is 3.04. The Morgan fingerprint density at radius 1 is 1.41 bits per heavy atom. The van der Waals surface area contributed by atoms with E-state index in [9.17, 15) is 14.6 Å². The standard InChI is InChI=1S/C12H17BrFNO2/c1-8(15-12(2,6-16)7-17)10-4-3-9(13)5-11(10)14/h3-5,8,15-17H,6-7H2,1-2H3. The normalized spacial score (nSPS) is 13.8. The number of hydrogen-bond acceptors (Lipinski definition) is 3. The van der Waals surface area contributed by atoms with E-state index >= 15 is 0 Å². The van der Waals surface area contributed by atoms with E-state index in [0.29, 0.717) is 10.0 Å². The van der Waals surface area contributed by atoms with Gasteiger partial charge in [0.15, 0.2) is 0 Å². The average Bonchev–Trinajstić information content (AvgIpc) is 2.28. The Morgan fingerprint density at radius 2 is 2.00 bits per heavy atom. The van der Waals surface area contributed by atoms with E-state index in [4.69, 9.17) is 0 Å². The van der Waals surface area contributed by atoms with Crippen LogP contribution in [0.2, 0.25) is 0 Å². The van der Waals surface area contributed by atoms with Crippen LogP contribution in [0.25, 0.3) is 0 Å². The Hall–Kier alpha value is -0.490. The van der Waals surface area contributed by atoms with Gasteiger partial charge in [0.1, 0.15) is 5.82 Å². The molecular weight excluding hydrogens is 289 g/mol. The molecule has 1 unspecified atom stereocenters. The molecule has 1 aromatic rings. The lowest BCUT2D eigenvalue weighted by atomic mass is 10.0. The van der Waals surface area contributed by atoms with Gasteiger partial charge < -0.3 is 15.5 Å². The minimum Gasteiger partial charge on any atom is -0.394 e. The minimum atomic E-state index is -0.821. The molecule has 96 valence electrons. The summed E-state index contributed by atoms with van der Waals surface area (Å²) in [7, 11) is 0. The molecule has 0 amide bonds. The molecule has 0 bridgehead atoms. The van der Waals surface area contributed by atoms with Crippen LogP contribution >= 0.6 is 15.9 Å². The maximum Gasteiger partial charge on any atom is 0.129 e. The molecule has 0 saturated carbocycles. The maximum atomic E-state index is 13.7. The number of hydrogen-bond donors (Lipinski definition) is 3. The van der Waals surface area contributed by atoms with E-state index in [1.54, 1.807) is 26.0 Å². The van der Waals surface area contributed by atoms with Gasteiger partial charge in [0.2, 0.25) is 0 Å². The lowest BCUT2D eigenvalue weighted by Crippen LogP contribution is -2.50. The molecule has 0 radical (unpaired) electrons. The van der Waals surface area contributed by atoms with Crippen LogP contribution < -0.4 is 5.32 Å². The van der Waals surface area contributed by atoms with Gasteiger partial charge in [-0.25, -0.2) is 4.39 Å². The molecule has 3 nitrogen and oxygen atoms in total. The van der Waals surface area contributed by atoms with Gasteiger partial charge in [-0.1, -0.05) is 22.0 Å². The monoisotopic (exact) mass is 305 g/mol. The summed E-state index contributed by atoms with van der Waals surface area (Å²) >= 11 is 3.19. The molecule has 0 aliphatic carbocycles. The average molecular weight is 306 g/mol. The molecule has 0 aliphatic rings. The lowest BCUT2D eigenvalue weighted by Gasteiger charge is -2.30. The molecule has 1 atom stereocenters. The van der Waals surface area contributed by atoms with E-state index in [0.717, 1.165) is 0 Å². The Bertz CT molecular complexity index is 383. The third kappa shape index (κ3) is 3.74.